The van der Waals surface area contributed by atoms with Crippen molar-refractivity contribution in [1.82, 2.24) is 0 Å². The molecule has 0 bridgehead atoms. The van der Waals surface area contributed by atoms with Gasteiger partial charge in [-0.15, -0.1) is 0 Å². The number of aliphatic hydroxyl groups excluding tert-OH is 1. The van der Waals surface area contributed by atoms with Gasteiger partial charge in [0.15, 0.2) is 17.4 Å². The molecule has 1 aromatic rings. The topological polar surface area (TPSA) is 29.5 Å². The van der Waals surface area contributed by atoms with E-state index in [2.05, 4.69) is 0 Å². The highest BCUT2D eigenvalue weighted by atomic mass is 19.2. The van der Waals surface area contributed by atoms with Gasteiger partial charge in [-0.25, -0.2) is 8.78 Å². The van der Waals surface area contributed by atoms with Crippen molar-refractivity contribution in [2.24, 2.45) is 5.41 Å². The summed E-state index contributed by atoms with van der Waals surface area (Å²) in [5.41, 5.74) is -0.721. The highest BCUT2D eigenvalue weighted by Gasteiger charge is 2.50. The van der Waals surface area contributed by atoms with Crippen molar-refractivity contribution in [3.8, 4) is 5.75 Å². The monoisotopic (exact) mass is 264 g/mol. The Morgan fingerprint density at radius 1 is 1.17 bits per heavy atom. The number of rotatable bonds is 2. The Kier molecular flexibility index (Phi) is 3.01. The van der Waals surface area contributed by atoms with E-state index >= 15 is 0 Å². The van der Waals surface area contributed by atoms with E-state index in [1.54, 1.807) is 13.8 Å². The molecule has 18 heavy (non-hydrogen) atoms. The van der Waals surface area contributed by atoms with Crippen LogP contribution in [-0.2, 0) is 0 Å². The van der Waals surface area contributed by atoms with E-state index in [1.165, 1.54) is 0 Å². The third-order valence-electron chi connectivity index (χ3n) is 3.46. The van der Waals surface area contributed by atoms with Crippen molar-refractivity contribution >= 4 is 0 Å². The first-order valence-electron chi connectivity index (χ1n) is 5.43. The van der Waals surface area contributed by atoms with E-state index in [-0.39, 0.29) is 12.5 Å². The summed E-state index contributed by atoms with van der Waals surface area (Å²) in [7, 11) is 0. The molecule has 100 valence electrons. The van der Waals surface area contributed by atoms with Gasteiger partial charge in [0.1, 0.15) is 6.10 Å². The van der Waals surface area contributed by atoms with Crippen LogP contribution >= 0.6 is 0 Å². The Labute approximate surface area is 101 Å². The number of ether oxygens (including phenoxy) is 1. The van der Waals surface area contributed by atoms with Crippen LogP contribution in [0.2, 0.25) is 0 Å². The molecule has 0 radical (unpaired) electrons. The van der Waals surface area contributed by atoms with Crippen LogP contribution in [0.3, 0.4) is 0 Å². The summed E-state index contributed by atoms with van der Waals surface area (Å²) >= 11 is 0. The van der Waals surface area contributed by atoms with Crippen LogP contribution in [0.5, 0.6) is 5.75 Å². The minimum absolute atomic E-state index is 0.123. The second kappa shape index (κ2) is 4.12. The van der Waals surface area contributed by atoms with E-state index in [1.807, 2.05) is 0 Å². The van der Waals surface area contributed by atoms with Crippen LogP contribution in [0.1, 0.15) is 20.3 Å². The van der Waals surface area contributed by atoms with Gasteiger partial charge in [-0.05, 0) is 0 Å². The molecule has 2 rings (SSSR count). The van der Waals surface area contributed by atoms with Crippen molar-refractivity contribution < 1.29 is 27.4 Å². The fourth-order valence-corrected chi connectivity index (χ4v) is 1.86. The lowest BCUT2D eigenvalue weighted by atomic mass is 9.66. The fraction of sp³-hybridized carbons (Fsp3) is 0.500. The van der Waals surface area contributed by atoms with Crippen LogP contribution in [0.15, 0.2) is 6.07 Å². The number of hydrogen-bond acceptors (Lipinski definition) is 2. The van der Waals surface area contributed by atoms with Crippen molar-refractivity contribution in [3.05, 3.63) is 29.3 Å². The van der Waals surface area contributed by atoms with Crippen LogP contribution < -0.4 is 4.74 Å². The van der Waals surface area contributed by atoms with Gasteiger partial charge in [0.2, 0.25) is 11.6 Å². The molecule has 2 atom stereocenters. The zero-order valence-electron chi connectivity index (χ0n) is 9.81. The van der Waals surface area contributed by atoms with Gasteiger partial charge >= 0.3 is 0 Å². The highest BCUT2D eigenvalue weighted by Crippen LogP contribution is 2.44. The maximum absolute atomic E-state index is 13.3. The van der Waals surface area contributed by atoms with E-state index in [0.717, 1.165) is 0 Å². The molecule has 0 aliphatic heterocycles. The quantitative estimate of drug-likeness (QED) is 0.657. The molecule has 1 aliphatic carbocycles. The maximum atomic E-state index is 13.3. The molecular formula is C12H12F4O2. The van der Waals surface area contributed by atoms with Gasteiger partial charge in [0, 0.05) is 17.9 Å². The van der Waals surface area contributed by atoms with Crippen LogP contribution in [0.25, 0.3) is 0 Å². The van der Waals surface area contributed by atoms with Gasteiger partial charge in [-0.3, -0.25) is 0 Å². The summed E-state index contributed by atoms with van der Waals surface area (Å²) < 4.78 is 57.6. The van der Waals surface area contributed by atoms with Crippen molar-refractivity contribution in [3.63, 3.8) is 0 Å². The predicted molar refractivity (Wildman–Crippen MR) is 55.1 cm³/mol. The average Bonchev–Trinajstić information content (AvgIpc) is 2.30. The maximum Gasteiger partial charge on any atom is 0.203 e. The lowest BCUT2D eigenvalue weighted by Gasteiger charge is -2.48. The Bertz CT molecular complexity index is 461. The third kappa shape index (κ3) is 1.84. The first kappa shape index (κ1) is 13.1. The third-order valence-corrected chi connectivity index (χ3v) is 3.46. The Morgan fingerprint density at radius 3 is 2.06 bits per heavy atom. The van der Waals surface area contributed by atoms with Crippen LogP contribution in [0, 0.1) is 28.7 Å². The van der Waals surface area contributed by atoms with Gasteiger partial charge in [-0.2, -0.15) is 8.78 Å². The summed E-state index contributed by atoms with van der Waals surface area (Å²) in [6.07, 6.45) is -1.21. The van der Waals surface area contributed by atoms with E-state index in [4.69, 9.17) is 4.74 Å². The molecule has 1 aliphatic rings. The molecule has 0 spiro atoms. The van der Waals surface area contributed by atoms with E-state index in [0.29, 0.717) is 0 Å². The summed E-state index contributed by atoms with van der Waals surface area (Å²) in [4.78, 5) is 0. The molecule has 0 heterocycles. The summed E-state index contributed by atoms with van der Waals surface area (Å²) in [6.45, 7) is 3.27. The largest absolute Gasteiger partial charge is 0.483 e. The normalized spacial score (nSPS) is 25.7. The fourth-order valence-electron chi connectivity index (χ4n) is 1.86. The highest BCUT2D eigenvalue weighted by molar-refractivity contribution is 5.29. The van der Waals surface area contributed by atoms with Gasteiger partial charge in [-0.1, -0.05) is 13.8 Å². The molecule has 6 heteroatoms. The molecule has 1 aromatic carbocycles. The Balaban J connectivity index is 2.31. The molecular weight excluding hydrogens is 252 g/mol. The lowest BCUT2D eigenvalue weighted by molar-refractivity contribution is -0.136. The van der Waals surface area contributed by atoms with Gasteiger partial charge in [0.05, 0.1) is 6.10 Å². The Hall–Kier alpha value is -1.30. The van der Waals surface area contributed by atoms with Gasteiger partial charge in [0.25, 0.3) is 0 Å². The minimum Gasteiger partial charge on any atom is -0.483 e. The SMILES string of the molecule is CC1(C)C(O)CC1Oc1c(F)c(F)cc(F)c1F. The Morgan fingerprint density at radius 2 is 1.67 bits per heavy atom. The van der Waals surface area contributed by atoms with E-state index in [9.17, 15) is 22.7 Å². The van der Waals surface area contributed by atoms with Gasteiger partial charge < -0.3 is 9.84 Å². The summed E-state index contributed by atoms with van der Waals surface area (Å²) in [5.74, 6) is -7.22. The summed E-state index contributed by atoms with van der Waals surface area (Å²) in [5, 5.41) is 9.46. The second-order valence-corrected chi connectivity index (χ2v) is 4.98. The molecule has 2 unspecified atom stereocenters. The van der Waals surface area contributed by atoms with Crippen LogP contribution in [0.4, 0.5) is 17.6 Å². The molecule has 1 N–H and O–H groups in total. The number of aliphatic hydroxyl groups is 1. The lowest BCUT2D eigenvalue weighted by Crippen LogP contribution is -2.56. The molecule has 2 nitrogen and oxygen atoms in total. The molecule has 1 saturated carbocycles. The number of hydrogen-bond donors (Lipinski definition) is 1. The zero-order chi connectivity index (χ0) is 13.7. The molecule has 0 amide bonds. The smallest absolute Gasteiger partial charge is 0.203 e. The van der Waals surface area contributed by atoms with Crippen molar-refractivity contribution in [1.29, 1.82) is 0 Å². The van der Waals surface area contributed by atoms with E-state index < -0.39 is 46.6 Å². The molecule has 0 aromatic heterocycles. The number of halogens is 4. The zero-order valence-corrected chi connectivity index (χ0v) is 9.81. The molecule has 1 fully saturated rings. The number of benzene rings is 1. The second-order valence-electron chi connectivity index (χ2n) is 4.98. The summed E-state index contributed by atoms with van der Waals surface area (Å²) in [6, 6.07) is 0.123. The predicted octanol–water partition coefficient (Wildman–Crippen LogP) is 2.78. The molecule has 0 saturated heterocycles. The van der Waals surface area contributed by atoms with Crippen molar-refractivity contribution in [2.75, 3.05) is 0 Å². The first-order valence-corrected chi connectivity index (χ1v) is 5.43. The van der Waals surface area contributed by atoms with Crippen molar-refractivity contribution in [2.45, 2.75) is 32.5 Å². The first-order chi connectivity index (χ1) is 8.25. The standard InChI is InChI=1S/C12H12F4O2/c1-12(2)7(17)4-8(12)18-11-9(15)5(13)3-6(14)10(11)16/h3,7-8,17H,4H2,1-2H3. The minimum atomic E-state index is -1.56. The average molecular weight is 264 g/mol. The van der Waals surface area contributed by atoms with Crippen LogP contribution in [-0.4, -0.2) is 17.3 Å².